The summed E-state index contributed by atoms with van der Waals surface area (Å²) in [6.45, 7) is 0.0522. The summed E-state index contributed by atoms with van der Waals surface area (Å²) in [7, 11) is 0. The lowest BCUT2D eigenvalue weighted by atomic mass is 10.1. The van der Waals surface area contributed by atoms with Gasteiger partial charge in [-0.3, -0.25) is 0 Å². The van der Waals surface area contributed by atoms with Crippen molar-refractivity contribution in [3.05, 3.63) is 35.4 Å². The third-order valence-electron chi connectivity index (χ3n) is 2.67. The molecule has 1 aromatic carbocycles. The molecule has 0 radical (unpaired) electrons. The van der Waals surface area contributed by atoms with E-state index in [0.29, 0.717) is 12.3 Å². The number of rotatable bonds is 8. The van der Waals surface area contributed by atoms with E-state index in [1.807, 2.05) is 0 Å². The lowest BCUT2D eigenvalue weighted by Crippen LogP contribution is -2.17. The summed E-state index contributed by atoms with van der Waals surface area (Å²) in [4.78, 5) is 22.8. The molecule has 110 valence electrons. The van der Waals surface area contributed by atoms with E-state index in [9.17, 15) is 9.59 Å². The van der Waals surface area contributed by atoms with Crippen molar-refractivity contribution in [1.29, 1.82) is 0 Å². The van der Waals surface area contributed by atoms with Crippen LogP contribution in [0.25, 0.3) is 0 Å². The monoisotopic (exact) mass is 318 g/mol. The lowest BCUT2D eigenvalue weighted by molar-refractivity contribution is 0.0491. The first-order valence-electron chi connectivity index (χ1n) is 6.25. The number of hydrogen-bond acceptors (Lipinski definition) is 3. The number of carbonyl (C=O) groups excluding carboxylic acids is 1. The molecule has 0 bridgehead atoms. The maximum absolute atomic E-state index is 11.8. The number of ether oxygens (including phenoxy) is 1. The van der Waals surface area contributed by atoms with Crippen LogP contribution in [0.3, 0.4) is 0 Å². The smallest absolute Gasteiger partial charge is 0.339 e. The van der Waals surface area contributed by atoms with Gasteiger partial charge in [0.1, 0.15) is 6.61 Å². The molecule has 20 heavy (non-hydrogen) atoms. The zero-order chi connectivity index (χ0) is 15.0. The van der Waals surface area contributed by atoms with Crippen LogP contribution in [0.5, 0.6) is 0 Å². The van der Waals surface area contributed by atoms with Crippen LogP contribution in [0.4, 0.5) is 0 Å². The minimum absolute atomic E-state index is 0.0321. The normalized spacial score (nSPS) is 11.9. The summed E-state index contributed by atoms with van der Waals surface area (Å²) in [6.07, 6.45) is 2.42. The highest BCUT2D eigenvalue weighted by molar-refractivity contribution is 6.20. The molecule has 0 fully saturated rings. The van der Waals surface area contributed by atoms with E-state index in [1.54, 1.807) is 12.1 Å². The number of carboxylic acids is 1. The van der Waals surface area contributed by atoms with Crippen LogP contribution < -0.4 is 0 Å². The van der Waals surface area contributed by atoms with E-state index in [2.05, 4.69) is 0 Å². The molecule has 0 aliphatic carbocycles. The molecular formula is C14H16Cl2O4. The van der Waals surface area contributed by atoms with Gasteiger partial charge in [-0.05, 0) is 25.0 Å². The Labute approximate surface area is 127 Å². The molecule has 0 aliphatic heterocycles. The van der Waals surface area contributed by atoms with Gasteiger partial charge in [0.25, 0.3) is 0 Å². The molecule has 1 unspecified atom stereocenters. The third kappa shape index (κ3) is 5.39. The Morgan fingerprint density at radius 1 is 1.20 bits per heavy atom. The van der Waals surface area contributed by atoms with E-state index in [0.717, 1.165) is 12.8 Å². The molecule has 0 spiro atoms. The molecule has 1 atom stereocenters. The van der Waals surface area contributed by atoms with Gasteiger partial charge in [0.05, 0.1) is 16.5 Å². The third-order valence-corrected chi connectivity index (χ3v) is 3.29. The minimum Gasteiger partial charge on any atom is -0.478 e. The first-order valence-corrected chi connectivity index (χ1v) is 7.22. The topological polar surface area (TPSA) is 63.6 Å². The summed E-state index contributed by atoms with van der Waals surface area (Å²) in [5.74, 6) is -1.26. The SMILES string of the molecule is O=C(O)c1ccccc1C(=O)OCC(Cl)CCCCCl. The van der Waals surface area contributed by atoms with Crippen molar-refractivity contribution in [3.63, 3.8) is 0 Å². The maximum atomic E-state index is 11.8. The van der Waals surface area contributed by atoms with Crippen molar-refractivity contribution >= 4 is 35.1 Å². The van der Waals surface area contributed by atoms with Gasteiger partial charge in [-0.1, -0.05) is 18.6 Å². The van der Waals surface area contributed by atoms with Gasteiger partial charge < -0.3 is 9.84 Å². The summed E-state index contributed by atoms with van der Waals surface area (Å²) in [6, 6.07) is 5.92. The highest BCUT2D eigenvalue weighted by Crippen LogP contribution is 2.13. The molecule has 0 aliphatic rings. The highest BCUT2D eigenvalue weighted by atomic mass is 35.5. The standard InChI is InChI=1S/C14H16Cl2O4/c15-8-4-3-5-10(16)9-20-14(19)12-7-2-1-6-11(12)13(17)18/h1-2,6-7,10H,3-5,8-9H2,(H,17,18). The second kappa shape index (κ2) is 8.82. The van der Waals surface area contributed by atoms with E-state index in [4.69, 9.17) is 33.0 Å². The van der Waals surface area contributed by atoms with Gasteiger partial charge in [0, 0.05) is 5.88 Å². The van der Waals surface area contributed by atoms with Gasteiger partial charge in [-0.15, -0.1) is 23.2 Å². The van der Waals surface area contributed by atoms with Crippen LogP contribution in [-0.4, -0.2) is 34.9 Å². The first kappa shape index (κ1) is 16.8. The molecule has 0 saturated heterocycles. The number of hydrogen-bond donors (Lipinski definition) is 1. The van der Waals surface area contributed by atoms with Gasteiger partial charge >= 0.3 is 11.9 Å². The van der Waals surface area contributed by atoms with E-state index < -0.39 is 11.9 Å². The van der Waals surface area contributed by atoms with Crippen molar-refractivity contribution in [2.75, 3.05) is 12.5 Å². The summed E-state index contributed by atoms with van der Waals surface area (Å²) in [5, 5.41) is 8.70. The van der Waals surface area contributed by atoms with Crippen molar-refractivity contribution in [2.45, 2.75) is 24.6 Å². The fourth-order valence-corrected chi connectivity index (χ4v) is 2.04. The van der Waals surface area contributed by atoms with Gasteiger partial charge in [0.2, 0.25) is 0 Å². The van der Waals surface area contributed by atoms with Crippen molar-refractivity contribution in [3.8, 4) is 0 Å². The Bertz CT molecular complexity index is 462. The number of halogens is 2. The van der Waals surface area contributed by atoms with E-state index >= 15 is 0 Å². The quantitative estimate of drug-likeness (QED) is 0.452. The number of esters is 1. The Morgan fingerprint density at radius 2 is 1.85 bits per heavy atom. The number of carboxylic acid groups (broad SMARTS) is 1. The molecule has 0 heterocycles. The molecule has 4 nitrogen and oxygen atoms in total. The molecule has 0 saturated carbocycles. The fourth-order valence-electron chi connectivity index (χ4n) is 1.64. The minimum atomic E-state index is -1.16. The van der Waals surface area contributed by atoms with Crippen molar-refractivity contribution < 1.29 is 19.4 Å². The molecule has 1 aromatic rings. The van der Waals surface area contributed by atoms with E-state index in [-0.39, 0.29) is 23.1 Å². The summed E-state index contributed by atoms with van der Waals surface area (Å²) in [5.41, 5.74) is -0.0459. The largest absolute Gasteiger partial charge is 0.478 e. The van der Waals surface area contributed by atoms with Crippen LogP contribution in [0, 0.1) is 0 Å². The van der Waals surface area contributed by atoms with Crippen molar-refractivity contribution in [1.82, 2.24) is 0 Å². The highest BCUT2D eigenvalue weighted by Gasteiger charge is 2.18. The van der Waals surface area contributed by atoms with Crippen LogP contribution in [0.1, 0.15) is 40.0 Å². The molecule has 0 aromatic heterocycles. The first-order chi connectivity index (χ1) is 9.56. The predicted molar refractivity (Wildman–Crippen MR) is 77.9 cm³/mol. The van der Waals surface area contributed by atoms with Gasteiger partial charge in [0.15, 0.2) is 0 Å². The average molecular weight is 319 g/mol. The Hall–Kier alpha value is -1.26. The van der Waals surface area contributed by atoms with Gasteiger partial charge in [-0.25, -0.2) is 9.59 Å². The Kier molecular flexibility index (Phi) is 7.41. The zero-order valence-corrected chi connectivity index (χ0v) is 12.4. The Morgan fingerprint density at radius 3 is 2.45 bits per heavy atom. The molecule has 1 rings (SSSR count). The number of aromatic carboxylic acids is 1. The molecule has 1 N–H and O–H groups in total. The summed E-state index contributed by atoms with van der Waals surface area (Å²) < 4.78 is 5.04. The Balaban J connectivity index is 2.53. The number of unbranched alkanes of at least 4 members (excludes halogenated alkanes) is 1. The van der Waals surface area contributed by atoms with E-state index in [1.165, 1.54) is 12.1 Å². The fraction of sp³-hybridized carbons (Fsp3) is 0.429. The zero-order valence-electron chi connectivity index (χ0n) is 10.9. The van der Waals surface area contributed by atoms with Crippen LogP contribution in [0.2, 0.25) is 0 Å². The second-order valence-corrected chi connectivity index (χ2v) is 5.23. The number of carbonyl (C=O) groups is 2. The summed E-state index contributed by atoms with van der Waals surface area (Å²) >= 11 is 11.6. The lowest BCUT2D eigenvalue weighted by Gasteiger charge is -2.11. The van der Waals surface area contributed by atoms with Crippen LogP contribution >= 0.6 is 23.2 Å². The number of alkyl halides is 2. The average Bonchev–Trinajstić information content (AvgIpc) is 2.45. The molecule has 0 amide bonds. The molecular weight excluding hydrogens is 303 g/mol. The maximum Gasteiger partial charge on any atom is 0.339 e. The molecule has 6 heteroatoms. The van der Waals surface area contributed by atoms with Crippen LogP contribution in [0.15, 0.2) is 24.3 Å². The second-order valence-electron chi connectivity index (χ2n) is 4.23. The predicted octanol–water partition coefficient (Wildman–Crippen LogP) is 3.56. The van der Waals surface area contributed by atoms with Crippen LogP contribution in [-0.2, 0) is 4.74 Å². The van der Waals surface area contributed by atoms with Crippen molar-refractivity contribution in [2.24, 2.45) is 0 Å². The number of benzene rings is 1. The van der Waals surface area contributed by atoms with Gasteiger partial charge in [-0.2, -0.15) is 0 Å².